The number of sulfonamides is 1. The summed E-state index contributed by atoms with van der Waals surface area (Å²) in [7, 11) is -4.12. The van der Waals surface area contributed by atoms with Gasteiger partial charge in [-0.1, -0.05) is 59.6 Å². The Kier molecular flexibility index (Phi) is 10.2. The second-order valence-corrected chi connectivity index (χ2v) is 12.2. The largest absolute Gasteiger partial charge is 0.352 e. The Morgan fingerprint density at radius 1 is 0.923 bits per heavy atom. The second kappa shape index (κ2) is 13.1. The van der Waals surface area contributed by atoms with Crippen molar-refractivity contribution in [3.63, 3.8) is 0 Å². The summed E-state index contributed by atoms with van der Waals surface area (Å²) in [6, 6.07) is 20.1. The van der Waals surface area contributed by atoms with Gasteiger partial charge in [-0.25, -0.2) is 8.42 Å². The first-order valence-corrected chi connectivity index (χ1v) is 14.7. The van der Waals surface area contributed by atoms with Crippen LogP contribution in [0.3, 0.4) is 0 Å². The maximum Gasteiger partial charge on any atom is 0.264 e. The predicted octanol–water partition coefficient (Wildman–Crippen LogP) is 5.14. The lowest BCUT2D eigenvalue weighted by molar-refractivity contribution is -0.139. The number of rotatable bonds is 11. The fourth-order valence-corrected chi connectivity index (χ4v) is 5.93. The molecule has 0 aliphatic rings. The van der Waals surface area contributed by atoms with Gasteiger partial charge >= 0.3 is 0 Å². The first-order valence-electron chi connectivity index (χ1n) is 12.9. The van der Waals surface area contributed by atoms with Crippen molar-refractivity contribution in [1.82, 2.24) is 10.2 Å². The van der Waals surface area contributed by atoms with Crippen molar-refractivity contribution in [1.29, 1.82) is 0 Å². The van der Waals surface area contributed by atoms with Crippen LogP contribution in [-0.2, 0) is 26.0 Å². The molecular weight excluding hydrogens is 534 g/mol. The Bertz CT molecular complexity index is 1390. The highest BCUT2D eigenvalue weighted by Gasteiger charge is 2.33. The van der Waals surface area contributed by atoms with E-state index in [4.69, 9.17) is 11.6 Å². The zero-order chi connectivity index (χ0) is 28.7. The lowest BCUT2D eigenvalue weighted by Gasteiger charge is -2.32. The normalized spacial score (nSPS) is 12.2. The monoisotopic (exact) mass is 569 g/mol. The number of benzene rings is 3. The van der Waals surface area contributed by atoms with Crippen LogP contribution in [0.15, 0.2) is 77.7 Å². The van der Waals surface area contributed by atoms with Gasteiger partial charge in [0.2, 0.25) is 11.8 Å². The molecule has 3 aromatic rings. The third kappa shape index (κ3) is 7.83. The van der Waals surface area contributed by atoms with Crippen LogP contribution in [0.4, 0.5) is 5.69 Å². The van der Waals surface area contributed by atoms with Crippen LogP contribution in [0, 0.1) is 13.8 Å². The molecule has 1 N–H and O–H groups in total. The van der Waals surface area contributed by atoms with Crippen molar-refractivity contribution < 1.29 is 18.0 Å². The van der Waals surface area contributed by atoms with Gasteiger partial charge < -0.3 is 10.2 Å². The molecule has 7 nitrogen and oxygen atoms in total. The van der Waals surface area contributed by atoms with Gasteiger partial charge in [-0.2, -0.15) is 0 Å². The van der Waals surface area contributed by atoms with Crippen molar-refractivity contribution in [2.24, 2.45) is 0 Å². The number of anilines is 1. The molecule has 0 aliphatic heterocycles. The Balaban J connectivity index is 2.01. The van der Waals surface area contributed by atoms with E-state index in [0.29, 0.717) is 22.7 Å². The molecule has 0 fully saturated rings. The number of nitrogens with zero attached hydrogens (tertiary/aromatic N) is 2. The van der Waals surface area contributed by atoms with Crippen LogP contribution in [0.2, 0.25) is 5.02 Å². The van der Waals surface area contributed by atoms with Crippen LogP contribution in [0.25, 0.3) is 0 Å². The summed E-state index contributed by atoms with van der Waals surface area (Å²) in [6.45, 7) is 8.73. The Morgan fingerprint density at radius 2 is 1.56 bits per heavy atom. The third-order valence-corrected chi connectivity index (χ3v) is 8.41. The molecule has 0 unspecified atom stereocenters. The lowest BCUT2D eigenvalue weighted by Crippen LogP contribution is -2.53. The predicted molar refractivity (Wildman–Crippen MR) is 156 cm³/mol. The van der Waals surface area contributed by atoms with E-state index in [2.05, 4.69) is 5.32 Å². The fraction of sp³-hybridized carbons (Fsp3) is 0.333. The van der Waals surface area contributed by atoms with E-state index in [1.54, 1.807) is 44.2 Å². The molecule has 39 heavy (non-hydrogen) atoms. The summed E-state index contributed by atoms with van der Waals surface area (Å²) < 4.78 is 28.9. The van der Waals surface area contributed by atoms with Crippen molar-refractivity contribution in [2.75, 3.05) is 17.4 Å². The number of carbonyl (C=O) groups excluding carboxylic acids is 2. The zero-order valence-electron chi connectivity index (χ0n) is 23.0. The van der Waals surface area contributed by atoms with Crippen LogP contribution >= 0.6 is 11.6 Å². The molecule has 3 rings (SSSR count). The first-order chi connectivity index (χ1) is 18.4. The molecule has 0 spiro atoms. The van der Waals surface area contributed by atoms with Crippen molar-refractivity contribution in [3.05, 3.63) is 94.5 Å². The van der Waals surface area contributed by atoms with Gasteiger partial charge in [0.05, 0.1) is 10.6 Å². The van der Waals surface area contributed by atoms with E-state index in [0.717, 1.165) is 15.4 Å². The molecule has 3 aromatic carbocycles. The highest BCUT2D eigenvalue weighted by molar-refractivity contribution is 7.92. The molecule has 0 heterocycles. The van der Waals surface area contributed by atoms with Gasteiger partial charge in [-0.05, 0) is 82.5 Å². The van der Waals surface area contributed by atoms with Crippen molar-refractivity contribution >= 4 is 39.1 Å². The number of halogens is 1. The van der Waals surface area contributed by atoms with Gasteiger partial charge in [-0.3, -0.25) is 13.9 Å². The molecule has 9 heteroatoms. The number of hydrogen-bond acceptors (Lipinski definition) is 4. The van der Waals surface area contributed by atoms with E-state index in [1.165, 1.54) is 17.0 Å². The molecule has 0 bridgehead atoms. The van der Waals surface area contributed by atoms with E-state index in [-0.39, 0.29) is 23.4 Å². The highest BCUT2D eigenvalue weighted by Crippen LogP contribution is 2.29. The average Bonchev–Trinajstić information content (AvgIpc) is 2.88. The molecule has 0 aliphatic carbocycles. The Labute approximate surface area is 236 Å². The number of hydrogen-bond donors (Lipinski definition) is 1. The number of carbonyl (C=O) groups is 2. The van der Waals surface area contributed by atoms with Crippen LogP contribution in [-0.4, -0.2) is 50.3 Å². The SMILES string of the molecule is Cc1ccc(S(=O)(=O)N(CC(=O)N(CCc2ccccc2)[C@@H](C)C(=O)NC(C)C)c2ccc(Cl)cc2C)cc1. The van der Waals surface area contributed by atoms with Crippen LogP contribution in [0.5, 0.6) is 0 Å². The Morgan fingerprint density at radius 3 is 2.15 bits per heavy atom. The van der Waals surface area contributed by atoms with Gasteiger partial charge in [0.25, 0.3) is 10.0 Å². The minimum absolute atomic E-state index is 0.0664. The van der Waals surface area contributed by atoms with Gasteiger partial charge in [-0.15, -0.1) is 0 Å². The number of amides is 2. The first kappa shape index (κ1) is 30.2. The van der Waals surface area contributed by atoms with Crippen LogP contribution in [0.1, 0.15) is 37.5 Å². The van der Waals surface area contributed by atoms with Crippen molar-refractivity contribution in [3.8, 4) is 0 Å². The number of aryl methyl sites for hydroxylation is 2. The standard InChI is InChI=1S/C30H36ClN3O4S/c1-21(2)32-30(36)24(5)33(18-17-25-9-7-6-8-10-25)29(35)20-34(28-16-13-26(31)19-23(28)4)39(37,38)27-14-11-22(3)12-15-27/h6-16,19,21,24H,17-18,20H2,1-5H3,(H,32,36)/t24-/m0/s1. The topological polar surface area (TPSA) is 86.8 Å². The van der Waals surface area contributed by atoms with Gasteiger partial charge in [0.1, 0.15) is 12.6 Å². The number of nitrogens with one attached hydrogen (secondary N) is 1. The molecule has 1 atom stereocenters. The highest BCUT2D eigenvalue weighted by atomic mass is 35.5. The minimum Gasteiger partial charge on any atom is -0.352 e. The molecular formula is C30H36ClN3O4S. The molecule has 208 valence electrons. The van der Waals surface area contributed by atoms with Crippen molar-refractivity contribution in [2.45, 2.75) is 58.0 Å². The fourth-order valence-electron chi connectivity index (χ4n) is 4.22. The third-order valence-electron chi connectivity index (χ3n) is 6.40. The van der Waals surface area contributed by atoms with E-state index in [9.17, 15) is 18.0 Å². The lowest BCUT2D eigenvalue weighted by atomic mass is 10.1. The maximum absolute atomic E-state index is 13.9. The average molecular weight is 570 g/mol. The smallest absolute Gasteiger partial charge is 0.264 e. The summed E-state index contributed by atoms with van der Waals surface area (Å²) >= 11 is 6.16. The quantitative estimate of drug-likeness (QED) is 0.346. The van der Waals surface area contributed by atoms with Crippen LogP contribution < -0.4 is 9.62 Å². The Hall–Kier alpha value is -3.36. The minimum atomic E-state index is -4.12. The summed E-state index contributed by atoms with van der Waals surface area (Å²) in [6.07, 6.45) is 0.510. The summed E-state index contributed by atoms with van der Waals surface area (Å²) in [4.78, 5) is 28.4. The maximum atomic E-state index is 13.9. The molecule has 2 amide bonds. The van der Waals surface area contributed by atoms with E-state index < -0.39 is 28.5 Å². The zero-order valence-corrected chi connectivity index (χ0v) is 24.6. The summed E-state index contributed by atoms with van der Waals surface area (Å²) in [5.41, 5.74) is 2.86. The molecule has 0 aromatic heterocycles. The van der Waals surface area contributed by atoms with E-state index in [1.807, 2.05) is 51.1 Å². The molecule has 0 saturated carbocycles. The summed E-state index contributed by atoms with van der Waals surface area (Å²) in [5.74, 6) is -0.788. The summed E-state index contributed by atoms with van der Waals surface area (Å²) in [5, 5.41) is 3.32. The van der Waals surface area contributed by atoms with Gasteiger partial charge in [0, 0.05) is 17.6 Å². The van der Waals surface area contributed by atoms with Gasteiger partial charge in [0.15, 0.2) is 0 Å². The second-order valence-electron chi connectivity index (χ2n) is 9.92. The molecule has 0 saturated heterocycles. The molecule has 0 radical (unpaired) electrons. The van der Waals surface area contributed by atoms with E-state index >= 15 is 0 Å².